The molecule has 14 heavy (non-hydrogen) atoms. The van der Waals surface area contributed by atoms with Crippen molar-refractivity contribution in [1.82, 2.24) is 0 Å². The molecule has 0 bridgehead atoms. The van der Waals surface area contributed by atoms with Gasteiger partial charge in [-0.1, -0.05) is 0 Å². The molecule has 0 unspecified atom stereocenters. The summed E-state index contributed by atoms with van der Waals surface area (Å²) in [6.45, 7) is 0. The van der Waals surface area contributed by atoms with Crippen molar-refractivity contribution in [3.8, 4) is 0 Å². The van der Waals surface area contributed by atoms with Gasteiger partial charge in [0.2, 0.25) is 11.7 Å². The van der Waals surface area contributed by atoms with Crippen LogP contribution in [-0.4, -0.2) is 17.6 Å². The van der Waals surface area contributed by atoms with Gasteiger partial charge in [-0.2, -0.15) is 0 Å². The summed E-state index contributed by atoms with van der Waals surface area (Å²) in [7, 11) is 0. The van der Waals surface area contributed by atoms with Crippen LogP contribution in [0.4, 0.5) is 0 Å². The summed E-state index contributed by atoms with van der Waals surface area (Å²) in [4.78, 5) is 36.1. The second-order valence-corrected chi connectivity index (χ2v) is 2.00. The van der Waals surface area contributed by atoms with Crippen LogP contribution in [0, 0.1) is 0 Å². The van der Waals surface area contributed by atoms with Gasteiger partial charge >= 0.3 is 0 Å². The molecule has 0 heterocycles. The number of azide groups is 2. The van der Waals surface area contributed by atoms with E-state index in [0.717, 1.165) is 0 Å². The lowest BCUT2D eigenvalue weighted by Gasteiger charge is -1.90. The number of carbonyl (C=O) groups excluding carboxylic acids is 3. The van der Waals surface area contributed by atoms with E-state index in [1.165, 1.54) is 0 Å². The van der Waals surface area contributed by atoms with E-state index in [9.17, 15) is 14.4 Å². The quantitative estimate of drug-likeness (QED) is 0.285. The van der Waals surface area contributed by atoms with Crippen molar-refractivity contribution in [3.05, 3.63) is 20.9 Å². The van der Waals surface area contributed by atoms with E-state index in [0.29, 0.717) is 0 Å². The Morgan fingerprint density at radius 1 is 1.00 bits per heavy atom. The predicted octanol–water partition coefficient (Wildman–Crippen LogP) is 1.01. The lowest BCUT2D eigenvalue weighted by Crippen LogP contribution is -2.11. The van der Waals surface area contributed by atoms with Gasteiger partial charge in [-0.05, 0) is 21.3 Å². The lowest BCUT2D eigenvalue weighted by molar-refractivity contribution is -0.136. The summed E-state index contributed by atoms with van der Waals surface area (Å²) >= 11 is 0. The molecule has 0 saturated heterocycles. The van der Waals surface area contributed by atoms with Crippen molar-refractivity contribution < 1.29 is 14.4 Å². The normalized spacial score (nSPS) is 8.00. The van der Waals surface area contributed by atoms with Crippen LogP contribution in [0.25, 0.3) is 20.9 Å². The molecule has 0 aromatic heterocycles. The van der Waals surface area contributed by atoms with Gasteiger partial charge in [0.1, 0.15) is 0 Å². The molecule has 0 fully saturated rings. The highest BCUT2D eigenvalue weighted by Gasteiger charge is 2.12. The Morgan fingerprint density at radius 2 is 1.57 bits per heavy atom. The number of Topliss-reactive ketones (excluding diaryl/α,β-unsaturated/α-hetero) is 1. The van der Waals surface area contributed by atoms with Crippen LogP contribution < -0.4 is 0 Å². The van der Waals surface area contributed by atoms with E-state index in [1.807, 2.05) is 0 Å². The first-order valence-electron chi connectivity index (χ1n) is 3.32. The zero-order valence-electron chi connectivity index (χ0n) is 6.82. The van der Waals surface area contributed by atoms with Gasteiger partial charge < -0.3 is 0 Å². The number of hydrogen-bond donors (Lipinski definition) is 0. The summed E-state index contributed by atoms with van der Waals surface area (Å²) in [6, 6.07) is 0. The second kappa shape index (κ2) is 6.18. The fraction of sp³-hybridized carbons (Fsp3) is 0.400. The molecule has 0 atom stereocenters. The standard InChI is InChI=1S/C5H4N6O3/c6-10-8-4(13)2-1-3(12)5(14)9-11-7/h1-2H2. The Morgan fingerprint density at radius 3 is 2.07 bits per heavy atom. The average molecular weight is 196 g/mol. The Bertz CT molecular complexity index is 362. The third kappa shape index (κ3) is 4.50. The lowest BCUT2D eigenvalue weighted by atomic mass is 10.2. The summed E-state index contributed by atoms with van der Waals surface area (Å²) in [6.07, 6.45) is -0.814. The highest BCUT2D eigenvalue weighted by Crippen LogP contribution is 1.96. The van der Waals surface area contributed by atoms with Crippen molar-refractivity contribution in [2.75, 3.05) is 0 Å². The average Bonchev–Trinajstić information content (AvgIpc) is 2.15. The molecule has 9 heteroatoms. The van der Waals surface area contributed by atoms with Crippen LogP contribution in [0.15, 0.2) is 10.2 Å². The van der Waals surface area contributed by atoms with Gasteiger partial charge in [0.05, 0.1) is 0 Å². The van der Waals surface area contributed by atoms with Crippen molar-refractivity contribution in [2.24, 2.45) is 10.2 Å². The Labute approximate surface area is 77.0 Å². The Kier molecular flexibility index (Phi) is 5.13. The molecule has 0 aliphatic carbocycles. The van der Waals surface area contributed by atoms with Gasteiger partial charge in [0.15, 0.2) is 0 Å². The number of carbonyl (C=O) groups is 3. The summed E-state index contributed by atoms with van der Waals surface area (Å²) in [5.41, 5.74) is 15.6. The minimum absolute atomic E-state index is 0.379. The molecule has 0 spiro atoms. The van der Waals surface area contributed by atoms with Crippen molar-refractivity contribution in [3.63, 3.8) is 0 Å². The van der Waals surface area contributed by atoms with Gasteiger partial charge in [0, 0.05) is 22.7 Å². The molecule has 9 nitrogen and oxygen atoms in total. The van der Waals surface area contributed by atoms with Crippen LogP contribution in [0.1, 0.15) is 12.8 Å². The number of nitrogens with zero attached hydrogens (tertiary/aromatic N) is 6. The molecule has 0 radical (unpaired) electrons. The first kappa shape index (κ1) is 11.6. The molecule has 0 aromatic rings. The summed E-state index contributed by atoms with van der Waals surface area (Å²) in [5.74, 6) is -3.11. The number of amides is 2. The van der Waals surface area contributed by atoms with Crippen LogP contribution in [0.5, 0.6) is 0 Å². The minimum atomic E-state index is -1.26. The monoisotopic (exact) mass is 196 g/mol. The molecule has 0 N–H and O–H groups in total. The number of ketones is 1. The van der Waals surface area contributed by atoms with Gasteiger partial charge in [0.25, 0.3) is 5.91 Å². The van der Waals surface area contributed by atoms with Crippen molar-refractivity contribution in [2.45, 2.75) is 12.8 Å². The minimum Gasteiger partial charge on any atom is -0.293 e. The van der Waals surface area contributed by atoms with Gasteiger partial charge in [-0.15, -0.1) is 0 Å². The summed E-state index contributed by atoms with van der Waals surface area (Å²) in [5, 5.41) is 5.20. The van der Waals surface area contributed by atoms with Crippen LogP contribution in [0.2, 0.25) is 0 Å². The molecule has 0 rings (SSSR count). The zero-order valence-corrected chi connectivity index (χ0v) is 6.82. The van der Waals surface area contributed by atoms with E-state index >= 15 is 0 Å². The topological polar surface area (TPSA) is 149 Å². The molecule has 0 aliphatic rings. The Balaban J connectivity index is 4.09. The maximum absolute atomic E-state index is 10.7. The van der Waals surface area contributed by atoms with Crippen LogP contribution in [-0.2, 0) is 14.4 Å². The van der Waals surface area contributed by atoms with Crippen molar-refractivity contribution in [1.29, 1.82) is 0 Å². The third-order valence-corrected chi connectivity index (χ3v) is 1.10. The zero-order chi connectivity index (χ0) is 11.0. The first-order chi connectivity index (χ1) is 6.61. The highest BCUT2D eigenvalue weighted by molar-refractivity contribution is 6.36. The number of rotatable bonds is 4. The molecule has 72 valence electrons. The fourth-order valence-electron chi connectivity index (χ4n) is 0.524. The first-order valence-corrected chi connectivity index (χ1v) is 3.32. The largest absolute Gasteiger partial charge is 0.293 e. The van der Waals surface area contributed by atoms with Crippen molar-refractivity contribution >= 4 is 17.6 Å². The van der Waals surface area contributed by atoms with Gasteiger partial charge in [-0.25, -0.2) is 0 Å². The van der Waals surface area contributed by atoms with E-state index in [1.54, 1.807) is 0 Å². The fourth-order valence-corrected chi connectivity index (χ4v) is 0.524. The predicted molar refractivity (Wildman–Crippen MR) is 42.5 cm³/mol. The smallest absolute Gasteiger partial charge is 0.284 e. The summed E-state index contributed by atoms with van der Waals surface area (Å²) < 4.78 is 0. The number of hydrogen-bond acceptors (Lipinski definition) is 3. The van der Waals surface area contributed by atoms with E-state index in [2.05, 4.69) is 20.1 Å². The maximum atomic E-state index is 10.7. The SMILES string of the molecule is [N-]=[N+]=NC(=O)CCC(=O)C(=O)N=[N+]=[N-]. The second-order valence-electron chi connectivity index (χ2n) is 2.00. The Hall–Kier alpha value is -2.37. The van der Waals surface area contributed by atoms with E-state index in [4.69, 9.17) is 11.1 Å². The third-order valence-electron chi connectivity index (χ3n) is 1.10. The molecule has 0 aromatic carbocycles. The van der Waals surface area contributed by atoms with Crippen LogP contribution in [0.3, 0.4) is 0 Å². The molecular weight excluding hydrogens is 192 g/mol. The molecule has 0 aliphatic heterocycles. The molecular formula is C5H4N6O3. The highest BCUT2D eigenvalue weighted by atomic mass is 16.2. The van der Waals surface area contributed by atoms with Crippen LogP contribution >= 0.6 is 0 Å². The molecule has 0 saturated carbocycles. The van der Waals surface area contributed by atoms with E-state index in [-0.39, 0.29) is 6.42 Å². The maximum Gasteiger partial charge on any atom is 0.284 e. The molecule has 2 amide bonds. The van der Waals surface area contributed by atoms with Gasteiger partial charge in [-0.3, -0.25) is 14.4 Å². The van der Waals surface area contributed by atoms with E-state index < -0.39 is 24.0 Å².